The van der Waals surface area contributed by atoms with Gasteiger partial charge in [0, 0.05) is 21.3 Å². The van der Waals surface area contributed by atoms with Gasteiger partial charge in [0.05, 0.1) is 11.4 Å². The molecule has 2 aliphatic heterocycles. The molecule has 4 nitrogen and oxygen atoms in total. The van der Waals surface area contributed by atoms with Crippen LogP contribution < -0.4 is 9.80 Å². The Bertz CT molecular complexity index is 1170. The molecular formula is C27H29BrN4. The van der Waals surface area contributed by atoms with Crippen LogP contribution in [0.5, 0.6) is 0 Å². The van der Waals surface area contributed by atoms with Crippen molar-refractivity contribution >= 4 is 38.9 Å². The summed E-state index contributed by atoms with van der Waals surface area (Å²) in [6.45, 7) is 4.70. The van der Waals surface area contributed by atoms with Gasteiger partial charge >= 0.3 is 0 Å². The fourth-order valence-electron chi connectivity index (χ4n) is 6.03. The number of anilines is 4. The van der Waals surface area contributed by atoms with E-state index in [0.717, 1.165) is 48.2 Å². The zero-order valence-electron chi connectivity index (χ0n) is 18.8. The lowest BCUT2D eigenvalue weighted by atomic mass is 9.70. The molecule has 0 N–H and O–H groups in total. The van der Waals surface area contributed by atoms with Crippen molar-refractivity contribution in [2.24, 2.45) is 5.41 Å². The van der Waals surface area contributed by atoms with Crippen LogP contribution in [0.1, 0.15) is 56.5 Å². The van der Waals surface area contributed by atoms with Gasteiger partial charge in [0.25, 0.3) is 0 Å². The second-order valence-corrected chi connectivity index (χ2v) is 10.4. The largest absolute Gasteiger partial charge is 0.301 e. The zero-order chi connectivity index (χ0) is 21.9. The number of hydrogen-bond acceptors (Lipinski definition) is 4. The lowest BCUT2D eigenvalue weighted by molar-refractivity contribution is 0.197. The Balaban J connectivity index is 1.66. The highest BCUT2D eigenvalue weighted by Crippen LogP contribution is 2.57. The molecule has 6 rings (SSSR count). The van der Waals surface area contributed by atoms with E-state index in [1.807, 2.05) is 0 Å². The minimum absolute atomic E-state index is 0.111. The first-order chi connectivity index (χ1) is 15.6. The molecule has 1 aliphatic carbocycles. The van der Waals surface area contributed by atoms with E-state index in [2.05, 4.69) is 88.1 Å². The minimum atomic E-state index is 0.111. The Hall–Kier alpha value is -2.40. The first-order valence-corrected chi connectivity index (χ1v) is 12.8. The van der Waals surface area contributed by atoms with Crippen LogP contribution in [0.4, 0.5) is 23.0 Å². The maximum absolute atomic E-state index is 5.32. The third-order valence-electron chi connectivity index (χ3n) is 7.88. The Morgan fingerprint density at radius 1 is 0.906 bits per heavy atom. The predicted octanol–water partition coefficient (Wildman–Crippen LogP) is 7.10. The van der Waals surface area contributed by atoms with Crippen molar-refractivity contribution in [3.8, 4) is 0 Å². The van der Waals surface area contributed by atoms with Crippen LogP contribution in [-0.4, -0.2) is 16.1 Å². The topological polar surface area (TPSA) is 32.3 Å². The number of fused-ring (bicyclic) bond motifs is 6. The number of aromatic nitrogens is 2. The van der Waals surface area contributed by atoms with Crippen molar-refractivity contribution in [1.82, 2.24) is 9.97 Å². The molecule has 0 radical (unpaired) electrons. The summed E-state index contributed by atoms with van der Waals surface area (Å²) in [6.07, 6.45) is 7.95. The molecule has 3 aromatic rings. The van der Waals surface area contributed by atoms with E-state index in [0.29, 0.717) is 0 Å². The van der Waals surface area contributed by atoms with E-state index in [9.17, 15) is 0 Å². The van der Waals surface area contributed by atoms with Crippen LogP contribution >= 0.6 is 15.9 Å². The van der Waals surface area contributed by atoms with E-state index < -0.39 is 0 Å². The fourth-order valence-corrected chi connectivity index (χ4v) is 6.38. The Morgan fingerprint density at radius 2 is 1.56 bits per heavy atom. The summed E-state index contributed by atoms with van der Waals surface area (Å²) in [5.74, 6) is 2.06. The predicted molar refractivity (Wildman–Crippen MR) is 134 cm³/mol. The number of para-hydroxylation sites is 1. The van der Waals surface area contributed by atoms with Gasteiger partial charge in [-0.25, -0.2) is 9.97 Å². The van der Waals surface area contributed by atoms with Gasteiger partial charge in [-0.15, -0.1) is 0 Å². The fraction of sp³-hybridized carbons (Fsp3) is 0.407. The quantitative estimate of drug-likeness (QED) is 0.393. The van der Waals surface area contributed by atoms with Crippen molar-refractivity contribution in [2.75, 3.05) is 9.80 Å². The first kappa shape index (κ1) is 20.2. The van der Waals surface area contributed by atoms with Gasteiger partial charge < -0.3 is 9.80 Å². The van der Waals surface area contributed by atoms with Crippen molar-refractivity contribution in [3.63, 3.8) is 0 Å². The van der Waals surface area contributed by atoms with E-state index in [4.69, 9.17) is 9.97 Å². The number of rotatable bonds is 3. The van der Waals surface area contributed by atoms with E-state index in [-0.39, 0.29) is 11.6 Å². The monoisotopic (exact) mass is 488 g/mol. The molecule has 3 aliphatic rings. The zero-order valence-corrected chi connectivity index (χ0v) is 20.4. The second kappa shape index (κ2) is 7.58. The van der Waals surface area contributed by atoms with Crippen LogP contribution in [0.2, 0.25) is 0 Å². The number of nitrogens with zero attached hydrogens (tertiary/aromatic N) is 4. The Kier molecular flexibility index (Phi) is 4.79. The van der Waals surface area contributed by atoms with Gasteiger partial charge in [-0.3, -0.25) is 0 Å². The number of hydrogen-bond donors (Lipinski definition) is 0. The summed E-state index contributed by atoms with van der Waals surface area (Å²) in [5.41, 5.74) is 6.39. The molecule has 5 heteroatoms. The van der Waals surface area contributed by atoms with E-state index in [1.165, 1.54) is 41.2 Å². The number of aryl methyl sites for hydroxylation is 2. The molecule has 0 amide bonds. The molecule has 1 unspecified atom stereocenters. The van der Waals surface area contributed by atoms with Crippen LogP contribution in [0.3, 0.4) is 0 Å². The average Bonchev–Trinajstić information content (AvgIpc) is 3.17. The molecule has 164 valence electrons. The summed E-state index contributed by atoms with van der Waals surface area (Å²) in [5, 5.41) is 0. The SMILES string of the molecule is CCC1(CC)Cc2ccc(Br)cc2N2c3nc4c(nc3N(c3ccccc3)C21)CCCC4. The van der Waals surface area contributed by atoms with Crippen molar-refractivity contribution in [1.29, 1.82) is 0 Å². The van der Waals surface area contributed by atoms with Crippen LogP contribution in [0, 0.1) is 5.41 Å². The maximum Gasteiger partial charge on any atom is 0.178 e. The van der Waals surface area contributed by atoms with Gasteiger partial charge in [-0.1, -0.05) is 54.0 Å². The van der Waals surface area contributed by atoms with Crippen LogP contribution in [-0.2, 0) is 19.3 Å². The lowest BCUT2D eigenvalue weighted by Crippen LogP contribution is -2.55. The molecule has 0 bridgehead atoms. The van der Waals surface area contributed by atoms with Crippen molar-refractivity contribution in [3.05, 3.63) is 70.0 Å². The molecular weight excluding hydrogens is 460 g/mol. The molecule has 32 heavy (non-hydrogen) atoms. The first-order valence-electron chi connectivity index (χ1n) is 12.0. The van der Waals surface area contributed by atoms with Crippen LogP contribution in [0.25, 0.3) is 0 Å². The summed E-state index contributed by atoms with van der Waals surface area (Å²) in [6, 6.07) is 17.6. The molecule has 1 atom stereocenters. The molecule has 0 saturated carbocycles. The van der Waals surface area contributed by atoms with Gasteiger partial charge in [-0.05, 0) is 74.8 Å². The molecule has 0 fully saturated rings. The average molecular weight is 489 g/mol. The normalized spacial score (nSPS) is 20.4. The van der Waals surface area contributed by atoms with Gasteiger partial charge in [0.1, 0.15) is 6.17 Å². The third kappa shape index (κ3) is 2.86. The minimum Gasteiger partial charge on any atom is -0.301 e. The number of benzene rings is 2. The van der Waals surface area contributed by atoms with Gasteiger partial charge in [-0.2, -0.15) is 0 Å². The highest BCUT2D eigenvalue weighted by atomic mass is 79.9. The van der Waals surface area contributed by atoms with Crippen LogP contribution in [0.15, 0.2) is 53.0 Å². The molecule has 2 aromatic carbocycles. The second-order valence-electron chi connectivity index (χ2n) is 9.44. The molecule has 0 saturated heterocycles. The van der Waals surface area contributed by atoms with E-state index >= 15 is 0 Å². The number of halogens is 1. The third-order valence-corrected chi connectivity index (χ3v) is 8.37. The standard InChI is InChI=1S/C27H29BrN4/c1-3-27(4-2)17-18-14-15-19(28)16-23(18)32-25-24(29-21-12-8-9-13-22(21)30-25)31(26(27)32)20-10-6-5-7-11-20/h5-7,10-11,14-16,26H,3-4,8-9,12-13,17H2,1-2H3. The summed E-state index contributed by atoms with van der Waals surface area (Å²) >= 11 is 3.73. The summed E-state index contributed by atoms with van der Waals surface area (Å²) in [7, 11) is 0. The smallest absolute Gasteiger partial charge is 0.178 e. The maximum atomic E-state index is 5.32. The Labute approximate surface area is 198 Å². The Morgan fingerprint density at radius 3 is 2.22 bits per heavy atom. The van der Waals surface area contributed by atoms with Crippen molar-refractivity contribution in [2.45, 2.75) is 65.0 Å². The summed E-state index contributed by atoms with van der Waals surface area (Å²) < 4.78 is 1.11. The van der Waals surface area contributed by atoms with Gasteiger partial charge in [0.15, 0.2) is 11.6 Å². The van der Waals surface area contributed by atoms with Crippen molar-refractivity contribution < 1.29 is 0 Å². The molecule has 1 aromatic heterocycles. The van der Waals surface area contributed by atoms with E-state index in [1.54, 1.807) is 0 Å². The lowest BCUT2D eigenvalue weighted by Gasteiger charge is -2.50. The van der Waals surface area contributed by atoms with Gasteiger partial charge in [0.2, 0.25) is 0 Å². The highest BCUT2D eigenvalue weighted by Gasteiger charge is 2.54. The molecule has 0 spiro atoms. The highest BCUT2D eigenvalue weighted by molar-refractivity contribution is 9.10. The summed E-state index contributed by atoms with van der Waals surface area (Å²) in [4.78, 5) is 15.6. The molecule has 3 heterocycles.